The van der Waals surface area contributed by atoms with Gasteiger partial charge in [-0.3, -0.25) is 14.3 Å². The molecule has 174 valence electrons. The van der Waals surface area contributed by atoms with E-state index in [9.17, 15) is 31.1 Å². The van der Waals surface area contributed by atoms with E-state index >= 15 is 0 Å². The summed E-state index contributed by atoms with van der Waals surface area (Å²) in [7, 11) is 0. The zero-order valence-corrected chi connectivity index (χ0v) is 16.6. The van der Waals surface area contributed by atoms with Crippen LogP contribution in [-0.2, 0) is 12.4 Å². The maximum atomic E-state index is 13.1. The van der Waals surface area contributed by atoms with Gasteiger partial charge in [-0.05, 0) is 30.3 Å². The van der Waals surface area contributed by atoms with Gasteiger partial charge in [0.15, 0.2) is 5.82 Å². The number of hydrogen-bond acceptors (Lipinski definition) is 7. The molecule has 34 heavy (non-hydrogen) atoms. The van der Waals surface area contributed by atoms with Crippen LogP contribution in [0.1, 0.15) is 11.4 Å². The van der Waals surface area contributed by atoms with Crippen molar-refractivity contribution in [3.63, 3.8) is 0 Å². The third-order valence-corrected chi connectivity index (χ3v) is 4.24. The van der Waals surface area contributed by atoms with Gasteiger partial charge < -0.3 is 5.32 Å². The van der Waals surface area contributed by atoms with Gasteiger partial charge >= 0.3 is 12.4 Å². The summed E-state index contributed by atoms with van der Waals surface area (Å²) in [5, 5.41) is 2.53. The summed E-state index contributed by atoms with van der Waals surface area (Å²) in [4.78, 5) is 31.0. The van der Waals surface area contributed by atoms with E-state index in [1.54, 1.807) is 0 Å². The maximum Gasteiger partial charge on any atom is 0.433 e. The fourth-order valence-corrected chi connectivity index (χ4v) is 2.75. The molecule has 0 aliphatic heterocycles. The standard InChI is InChI=1S/C20H11F6N7O/c21-19(22,23)13-5-3-4-12(29-13)16-30-17(28-11-7-8-27-14(10-11)20(24,25)26)32-18(31-16)33-9-2-1-6-15(33)34/h1-10H,(H,27,28,30,31,32). The number of alkyl halides is 6. The largest absolute Gasteiger partial charge is 0.433 e. The summed E-state index contributed by atoms with van der Waals surface area (Å²) >= 11 is 0. The number of halogens is 6. The lowest BCUT2D eigenvalue weighted by atomic mass is 10.3. The van der Waals surface area contributed by atoms with Crippen molar-refractivity contribution in [3.05, 3.63) is 82.7 Å². The fourth-order valence-electron chi connectivity index (χ4n) is 2.75. The molecule has 0 amide bonds. The minimum absolute atomic E-state index is 0.108. The first-order valence-corrected chi connectivity index (χ1v) is 9.30. The Labute approximate surface area is 186 Å². The van der Waals surface area contributed by atoms with E-state index in [0.29, 0.717) is 6.07 Å². The zero-order valence-electron chi connectivity index (χ0n) is 16.6. The van der Waals surface area contributed by atoms with Gasteiger partial charge in [-0.2, -0.15) is 41.3 Å². The highest BCUT2D eigenvalue weighted by Gasteiger charge is 2.33. The second kappa shape index (κ2) is 8.53. The molecule has 0 aromatic carbocycles. The third kappa shape index (κ3) is 5.00. The van der Waals surface area contributed by atoms with Gasteiger partial charge in [0.2, 0.25) is 11.9 Å². The first kappa shape index (κ1) is 22.8. The van der Waals surface area contributed by atoms with E-state index in [1.165, 1.54) is 36.5 Å². The van der Waals surface area contributed by atoms with Crippen LogP contribution in [0.3, 0.4) is 0 Å². The van der Waals surface area contributed by atoms with Crippen LogP contribution in [0.15, 0.2) is 65.7 Å². The molecule has 0 spiro atoms. The van der Waals surface area contributed by atoms with Gasteiger partial charge in [-0.15, -0.1) is 0 Å². The molecule has 0 aliphatic carbocycles. The Hall–Kier alpha value is -4.36. The van der Waals surface area contributed by atoms with Crippen LogP contribution in [0.25, 0.3) is 17.5 Å². The molecule has 4 rings (SSSR count). The van der Waals surface area contributed by atoms with Crippen LogP contribution >= 0.6 is 0 Å². The lowest BCUT2D eigenvalue weighted by molar-refractivity contribution is -0.141. The van der Waals surface area contributed by atoms with Crippen LogP contribution < -0.4 is 10.9 Å². The van der Waals surface area contributed by atoms with Gasteiger partial charge in [0.05, 0.1) is 0 Å². The molecule has 0 atom stereocenters. The average Bonchev–Trinajstić information content (AvgIpc) is 2.78. The molecule has 0 aliphatic rings. The molecular formula is C20H11F6N7O. The highest BCUT2D eigenvalue weighted by Crippen LogP contribution is 2.30. The van der Waals surface area contributed by atoms with Crippen molar-refractivity contribution < 1.29 is 26.3 Å². The van der Waals surface area contributed by atoms with Crippen LogP contribution in [-0.4, -0.2) is 29.5 Å². The zero-order chi connectivity index (χ0) is 24.5. The smallest absolute Gasteiger partial charge is 0.324 e. The highest BCUT2D eigenvalue weighted by molar-refractivity contribution is 5.58. The van der Waals surface area contributed by atoms with E-state index < -0.39 is 29.3 Å². The van der Waals surface area contributed by atoms with Crippen molar-refractivity contribution in [2.75, 3.05) is 5.32 Å². The first-order chi connectivity index (χ1) is 16.0. The van der Waals surface area contributed by atoms with E-state index in [1.807, 2.05) is 0 Å². The van der Waals surface area contributed by atoms with E-state index in [-0.39, 0.29) is 29.1 Å². The monoisotopic (exact) mass is 479 g/mol. The number of aromatic nitrogens is 6. The minimum atomic E-state index is -4.74. The Morgan fingerprint density at radius 1 is 0.794 bits per heavy atom. The molecule has 4 aromatic rings. The molecule has 0 bridgehead atoms. The molecule has 8 nitrogen and oxygen atoms in total. The summed E-state index contributed by atoms with van der Waals surface area (Å²) < 4.78 is 79.3. The van der Waals surface area contributed by atoms with Gasteiger partial charge in [-0.25, -0.2) is 4.98 Å². The van der Waals surface area contributed by atoms with Crippen molar-refractivity contribution in [1.82, 2.24) is 29.5 Å². The second-order valence-corrected chi connectivity index (χ2v) is 6.65. The molecule has 0 saturated carbocycles. The molecular weight excluding hydrogens is 468 g/mol. The summed E-state index contributed by atoms with van der Waals surface area (Å²) in [6, 6.07) is 9.08. The molecule has 1 N–H and O–H groups in total. The Morgan fingerprint density at radius 2 is 1.56 bits per heavy atom. The predicted molar refractivity (Wildman–Crippen MR) is 106 cm³/mol. The number of rotatable bonds is 4. The summed E-state index contributed by atoms with van der Waals surface area (Å²) in [5.74, 6) is -0.976. The molecule has 0 fully saturated rings. The number of nitrogens with one attached hydrogen (secondary N) is 1. The van der Waals surface area contributed by atoms with E-state index in [0.717, 1.165) is 22.9 Å². The summed E-state index contributed by atoms with van der Waals surface area (Å²) in [6.45, 7) is 0. The molecule has 0 unspecified atom stereocenters. The fraction of sp³-hybridized carbons (Fsp3) is 0.100. The highest BCUT2D eigenvalue weighted by atomic mass is 19.4. The van der Waals surface area contributed by atoms with E-state index in [2.05, 4.69) is 30.2 Å². The lowest BCUT2D eigenvalue weighted by Crippen LogP contribution is -2.19. The van der Waals surface area contributed by atoms with Crippen LogP contribution in [0.4, 0.5) is 38.0 Å². The molecule has 0 radical (unpaired) electrons. The minimum Gasteiger partial charge on any atom is -0.324 e. The van der Waals surface area contributed by atoms with E-state index in [4.69, 9.17) is 0 Å². The van der Waals surface area contributed by atoms with Crippen molar-refractivity contribution in [2.45, 2.75) is 12.4 Å². The Morgan fingerprint density at radius 3 is 2.26 bits per heavy atom. The maximum absolute atomic E-state index is 13.1. The second-order valence-electron chi connectivity index (χ2n) is 6.65. The molecule has 4 aromatic heterocycles. The first-order valence-electron chi connectivity index (χ1n) is 9.30. The normalized spacial score (nSPS) is 11.9. The molecule has 4 heterocycles. The topological polar surface area (TPSA) is 98.5 Å². The Kier molecular flexibility index (Phi) is 5.73. The van der Waals surface area contributed by atoms with Crippen molar-refractivity contribution in [1.29, 1.82) is 0 Å². The Bertz CT molecular complexity index is 1400. The van der Waals surface area contributed by atoms with Crippen molar-refractivity contribution in [2.24, 2.45) is 0 Å². The number of hydrogen-bond donors (Lipinski definition) is 1. The lowest BCUT2D eigenvalue weighted by Gasteiger charge is -2.12. The van der Waals surface area contributed by atoms with Crippen LogP contribution in [0.5, 0.6) is 0 Å². The quantitative estimate of drug-likeness (QED) is 0.437. The molecule has 0 saturated heterocycles. The van der Waals surface area contributed by atoms with Gasteiger partial charge in [0, 0.05) is 24.1 Å². The van der Waals surface area contributed by atoms with Crippen LogP contribution in [0.2, 0.25) is 0 Å². The number of pyridine rings is 3. The third-order valence-electron chi connectivity index (χ3n) is 4.24. The van der Waals surface area contributed by atoms with Gasteiger partial charge in [-0.1, -0.05) is 12.1 Å². The SMILES string of the molecule is O=c1ccccn1-c1nc(Nc2ccnc(C(F)(F)F)c2)nc(-c2cccc(C(F)(F)F)n2)n1. The van der Waals surface area contributed by atoms with Gasteiger partial charge in [0.25, 0.3) is 5.56 Å². The predicted octanol–water partition coefficient (Wildman–Crippen LogP) is 4.26. The Balaban J connectivity index is 1.84. The number of nitrogens with zero attached hydrogens (tertiary/aromatic N) is 6. The number of anilines is 2. The van der Waals surface area contributed by atoms with Crippen molar-refractivity contribution in [3.8, 4) is 17.5 Å². The van der Waals surface area contributed by atoms with Gasteiger partial charge in [0.1, 0.15) is 17.1 Å². The summed E-state index contributed by atoms with van der Waals surface area (Å²) in [5.41, 5.74) is -3.36. The molecule has 14 heteroatoms. The van der Waals surface area contributed by atoms with Crippen molar-refractivity contribution >= 4 is 11.6 Å². The average molecular weight is 479 g/mol. The summed E-state index contributed by atoms with van der Waals surface area (Å²) in [6.07, 6.45) is -7.25. The van der Waals surface area contributed by atoms with Crippen LogP contribution in [0, 0.1) is 0 Å².